The number of anilines is 5. The van der Waals surface area contributed by atoms with Gasteiger partial charge in [0.1, 0.15) is 17.2 Å². The van der Waals surface area contributed by atoms with E-state index in [9.17, 15) is 9.18 Å². The van der Waals surface area contributed by atoms with Gasteiger partial charge in [-0.25, -0.2) is 9.37 Å². The first kappa shape index (κ1) is 22.4. The number of benzene rings is 1. The van der Waals surface area contributed by atoms with Crippen LogP contribution in [-0.2, 0) is 4.79 Å². The zero-order valence-corrected chi connectivity index (χ0v) is 20.0. The Kier molecular flexibility index (Phi) is 5.71. The quantitative estimate of drug-likeness (QED) is 0.398. The van der Waals surface area contributed by atoms with E-state index in [4.69, 9.17) is 4.98 Å². The molecular weight excluding hydrogens is 459 g/mol. The van der Waals surface area contributed by atoms with E-state index in [0.29, 0.717) is 46.2 Å². The maximum atomic E-state index is 14.5. The number of hydrogen-bond acceptors (Lipinski definition) is 7. The Morgan fingerprint density at radius 2 is 2.03 bits per heavy atom. The molecule has 1 aliphatic heterocycles. The molecule has 1 aromatic carbocycles. The van der Waals surface area contributed by atoms with Crippen molar-refractivity contribution in [1.82, 2.24) is 25.1 Å². The van der Waals surface area contributed by atoms with E-state index in [1.165, 1.54) is 12.5 Å². The second-order valence-electron chi connectivity index (χ2n) is 9.33. The molecule has 0 bridgehead atoms. The van der Waals surface area contributed by atoms with Gasteiger partial charge in [0.25, 0.3) is 5.91 Å². The van der Waals surface area contributed by atoms with Gasteiger partial charge in [-0.05, 0) is 43.5 Å². The van der Waals surface area contributed by atoms with Crippen molar-refractivity contribution in [2.75, 3.05) is 15.1 Å². The highest BCUT2D eigenvalue weighted by Crippen LogP contribution is 2.43. The number of pyridine rings is 1. The average Bonchev–Trinajstić information content (AvgIpc) is 3.38. The van der Waals surface area contributed by atoms with Crippen molar-refractivity contribution in [3.8, 4) is 0 Å². The molecule has 6 rings (SSSR count). The van der Waals surface area contributed by atoms with Gasteiger partial charge in [-0.3, -0.25) is 19.8 Å². The van der Waals surface area contributed by atoms with Crippen molar-refractivity contribution in [2.45, 2.75) is 57.5 Å². The van der Waals surface area contributed by atoms with Gasteiger partial charge in [0.15, 0.2) is 11.6 Å². The summed E-state index contributed by atoms with van der Waals surface area (Å²) in [6.45, 7) is 2.04. The number of halogens is 1. The second kappa shape index (κ2) is 9.18. The number of rotatable bonds is 5. The van der Waals surface area contributed by atoms with Crippen molar-refractivity contribution in [1.29, 1.82) is 0 Å². The van der Waals surface area contributed by atoms with Crippen molar-refractivity contribution in [2.24, 2.45) is 0 Å². The van der Waals surface area contributed by atoms with Crippen molar-refractivity contribution < 1.29 is 9.18 Å². The minimum absolute atomic E-state index is 0.000336. The minimum Gasteiger partial charge on any atom is -0.340 e. The molecule has 9 nitrogen and oxygen atoms in total. The van der Waals surface area contributed by atoms with Crippen LogP contribution < -0.4 is 15.1 Å². The van der Waals surface area contributed by atoms with Crippen molar-refractivity contribution >= 4 is 45.6 Å². The van der Waals surface area contributed by atoms with E-state index in [1.54, 1.807) is 35.8 Å². The number of H-pyrrole nitrogens is 1. The number of hydrogen-bond donors (Lipinski definition) is 2. The number of carbonyl (C=O) groups is 1. The molecule has 1 saturated carbocycles. The molecule has 3 aromatic heterocycles. The van der Waals surface area contributed by atoms with Gasteiger partial charge in [-0.1, -0.05) is 26.2 Å². The summed E-state index contributed by atoms with van der Waals surface area (Å²) in [5.41, 5.74) is 2.19. The number of nitrogens with one attached hydrogen (secondary N) is 2. The van der Waals surface area contributed by atoms with Crippen LogP contribution in [0, 0.1) is 5.82 Å². The second-order valence-corrected chi connectivity index (χ2v) is 9.33. The molecule has 0 saturated heterocycles. The molecule has 1 amide bonds. The van der Waals surface area contributed by atoms with E-state index in [1.807, 2.05) is 19.1 Å². The Bertz CT molecular complexity index is 1400. The molecule has 1 atom stereocenters. The van der Waals surface area contributed by atoms with Gasteiger partial charge in [0, 0.05) is 23.3 Å². The summed E-state index contributed by atoms with van der Waals surface area (Å²) in [6.07, 6.45) is 12.8. The summed E-state index contributed by atoms with van der Waals surface area (Å²) >= 11 is 0. The largest absolute Gasteiger partial charge is 0.340 e. The molecule has 36 heavy (non-hydrogen) atoms. The highest BCUT2D eigenvalue weighted by atomic mass is 19.1. The van der Waals surface area contributed by atoms with Crippen LogP contribution in [-0.4, -0.2) is 43.1 Å². The summed E-state index contributed by atoms with van der Waals surface area (Å²) in [5.74, 6) is 0.640. The highest BCUT2D eigenvalue weighted by molar-refractivity contribution is 6.10. The standard InChI is InChI=1S/C26H27FN8O/c1-2-21-25(36)35(19-9-6-10-28-14-19)22-15-29-26(32-24(22)34(21)18-7-4-3-5-8-18)31-17-11-16-13-30-33-23(16)20(27)12-17/h6,9-15,18,21H,2-5,7-8H2,1H3,(H,30,33)(H,29,31,32)/t21-/m1/s1. The number of fused-ring (bicyclic) bond motifs is 2. The molecule has 0 spiro atoms. The van der Waals surface area contributed by atoms with Crippen LogP contribution in [0.25, 0.3) is 10.9 Å². The van der Waals surface area contributed by atoms with Gasteiger partial charge in [0.05, 0.1) is 24.3 Å². The number of aromatic nitrogens is 5. The Hall–Kier alpha value is -4.08. The fraction of sp³-hybridized carbons (Fsp3) is 0.346. The predicted octanol–water partition coefficient (Wildman–Crippen LogP) is 5.23. The topological polar surface area (TPSA) is 103 Å². The van der Waals surface area contributed by atoms with Gasteiger partial charge in [-0.2, -0.15) is 10.1 Å². The Morgan fingerprint density at radius 1 is 1.17 bits per heavy atom. The van der Waals surface area contributed by atoms with Crippen molar-refractivity contribution in [3.63, 3.8) is 0 Å². The third-order valence-corrected chi connectivity index (χ3v) is 7.09. The van der Waals surface area contributed by atoms with Crippen LogP contribution in [0.2, 0.25) is 0 Å². The molecular formula is C26H27FN8O. The van der Waals surface area contributed by atoms with Gasteiger partial charge in [0.2, 0.25) is 5.95 Å². The zero-order valence-electron chi connectivity index (χ0n) is 20.0. The number of aromatic amines is 1. The number of nitrogens with zero attached hydrogens (tertiary/aromatic N) is 6. The predicted molar refractivity (Wildman–Crippen MR) is 136 cm³/mol. The maximum absolute atomic E-state index is 14.5. The molecule has 0 radical (unpaired) electrons. The van der Waals surface area contributed by atoms with E-state index >= 15 is 0 Å². The molecule has 4 aromatic rings. The van der Waals surface area contributed by atoms with Crippen LogP contribution in [0.4, 0.5) is 33.2 Å². The van der Waals surface area contributed by atoms with E-state index in [2.05, 4.69) is 30.4 Å². The third-order valence-electron chi connectivity index (χ3n) is 7.09. The average molecular weight is 487 g/mol. The third kappa shape index (κ3) is 3.82. The van der Waals surface area contributed by atoms with Crippen LogP contribution >= 0.6 is 0 Å². The first-order chi connectivity index (χ1) is 17.6. The van der Waals surface area contributed by atoms with Crippen LogP contribution in [0.3, 0.4) is 0 Å². The fourth-order valence-corrected chi connectivity index (χ4v) is 5.43. The summed E-state index contributed by atoms with van der Waals surface area (Å²) in [4.78, 5) is 31.4. The number of carbonyl (C=O) groups excluding carboxylic acids is 1. The molecule has 0 unspecified atom stereocenters. The Morgan fingerprint density at radius 3 is 2.81 bits per heavy atom. The molecule has 1 aliphatic carbocycles. The van der Waals surface area contributed by atoms with E-state index < -0.39 is 5.82 Å². The van der Waals surface area contributed by atoms with E-state index in [-0.39, 0.29) is 18.0 Å². The lowest BCUT2D eigenvalue weighted by atomic mass is 9.91. The Balaban J connectivity index is 1.45. The van der Waals surface area contributed by atoms with Crippen molar-refractivity contribution in [3.05, 3.63) is 54.9 Å². The number of amides is 1. The fourth-order valence-electron chi connectivity index (χ4n) is 5.43. The molecule has 4 heterocycles. The van der Waals surface area contributed by atoms with Crippen LogP contribution in [0.15, 0.2) is 49.1 Å². The lowest BCUT2D eigenvalue weighted by Gasteiger charge is -2.46. The lowest BCUT2D eigenvalue weighted by Crippen LogP contribution is -2.56. The Labute approximate surface area is 207 Å². The first-order valence-corrected chi connectivity index (χ1v) is 12.4. The zero-order chi connectivity index (χ0) is 24.6. The molecule has 10 heteroatoms. The van der Waals surface area contributed by atoms with Gasteiger partial charge in [-0.15, -0.1) is 0 Å². The van der Waals surface area contributed by atoms with Crippen LogP contribution in [0.1, 0.15) is 45.4 Å². The lowest BCUT2D eigenvalue weighted by molar-refractivity contribution is -0.119. The summed E-state index contributed by atoms with van der Waals surface area (Å²) < 4.78 is 14.5. The maximum Gasteiger partial charge on any atom is 0.254 e. The first-order valence-electron chi connectivity index (χ1n) is 12.4. The monoisotopic (exact) mass is 486 g/mol. The smallest absolute Gasteiger partial charge is 0.254 e. The summed E-state index contributed by atoms with van der Waals surface area (Å²) in [5, 5.41) is 10.4. The minimum atomic E-state index is -0.409. The summed E-state index contributed by atoms with van der Waals surface area (Å²) in [7, 11) is 0. The van der Waals surface area contributed by atoms with Crippen LogP contribution in [0.5, 0.6) is 0 Å². The molecule has 1 fully saturated rings. The summed E-state index contributed by atoms with van der Waals surface area (Å²) in [6, 6.07) is 6.75. The van der Waals surface area contributed by atoms with E-state index in [0.717, 1.165) is 25.7 Å². The highest BCUT2D eigenvalue weighted by Gasteiger charge is 2.42. The molecule has 2 N–H and O–H groups in total. The normalized spacial score (nSPS) is 18.5. The van der Waals surface area contributed by atoms with Gasteiger partial charge >= 0.3 is 0 Å². The molecule has 184 valence electrons. The SMILES string of the molecule is CC[C@@H]1C(=O)N(c2cccnc2)c2cnc(Nc3cc(F)c4[nH]ncc4c3)nc2N1C1CCCCC1. The molecule has 2 aliphatic rings. The van der Waals surface area contributed by atoms with Gasteiger partial charge < -0.3 is 10.2 Å².